The first-order chi connectivity index (χ1) is 9.24. The van der Waals surface area contributed by atoms with Gasteiger partial charge in [-0.3, -0.25) is 0 Å². The molecule has 0 aliphatic heterocycles. The summed E-state index contributed by atoms with van der Waals surface area (Å²) in [6.45, 7) is 0.0702. The van der Waals surface area contributed by atoms with Crippen LogP contribution in [-0.2, 0) is 9.47 Å². The number of methoxy groups -OCH3 is 2. The third-order valence-electron chi connectivity index (χ3n) is 2.31. The number of rotatable bonds is 8. The van der Waals surface area contributed by atoms with E-state index in [-0.39, 0.29) is 20.0 Å². The first kappa shape index (κ1) is 15.2. The van der Waals surface area contributed by atoms with Gasteiger partial charge in [-0.15, -0.1) is 0 Å². The molecule has 0 fully saturated rings. The smallest absolute Gasteiger partial charge is 0.188 e. The summed E-state index contributed by atoms with van der Waals surface area (Å²) in [5.74, 6) is 0.775. The largest absolute Gasteiger partial charge is 0.464 e. The molecule has 0 radical (unpaired) electrons. The van der Waals surface area contributed by atoms with Crippen LogP contribution in [0.25, 0.3) is 0 Å². The Balaban J connectivity index is 3.03. The fraction of sp³-hybridized carbons (Fsp3) is 0.462. The van der Waals surface area contributed by atoms with E-state index < -0.39 is 6.10 Å². The second kappa shape index (κ2) is 8.32. The molecule has 1 atom stereocenters. The molecule has 0 aliphatic carbocycles. The maximum atomic E-state index is 9.92. The van der Waals surface area contributed by atoms with Crippen molar-refractivity contribution in [2.24, 2.45) is 0 Å². The maximum absolute atomic E-state index is 9.92. The zero-order chi connectivity index (χ0) is 14.1. The minimum absolute atomic E-state index is 0.0135. The van der Waals surface area contributed by atoms with Crippen LogP contribution in [0.5, 0.6) is 11.5 Å². The number of nitriles is 1. The number of benzene rings is 1. The second-order valence-corrected chi connectivity index (χ2v) is 3.65. The van der Waals surface area contributed by atoms with Crippen LogP contribution in [0.15, 0.2) is 18.2 Å². The lowest BCUT2D eigenvalue weighted by Gasteiger charge is -2.17. The van der Waals surface area contributed by atoms with Gasteiger partial charge in [0.05, 0.1) is 18.6 Å². The fourth-order valence-corrected chi connectivity index (χ4v) is 1.50. The number of hydrogen-bond acceptors (Lipinski definition) is 6. The van der Waals surface area contributed by atoms with Crippen LogP contribution in [0.4, 0.5) is 0 Å². The SMILES string of the molecule is COCOc1cccc(C(O)CC#N)c1OCOC. The highest BCUT2D eigenvalue weighted by Gasteiger charge is 2.17. The lowest BCUT2D eigenvalue weighted by atomic mass is 10.1. The van der Waals surface area contributed by atoms with E-state index in [1.165, 1.54) is 14.2 Å². The molecule has 0 spiro atoms. The van der Waals surface area contributed by atoms with E-state index in [1.807, 2.05) is 6.07 Å². The van der Waals surface area contributed by atoms with E-state index in [9.17, 15) is 5.11 Å². The lowest BCUT2D eigenvalue weighted by Crippen LogP contribution is -2.08. The number of aliphatic hydroxyl groups is 1. The third-order valence-corrected chi connectivity index (χ3v) is 2.31. The van der Waals surface area contributed by atoms with Gasteiger partial charge in [0.1, 0.15) is 0 Å². The first-order valence-electron chi connectivity index (χ1n) is 5.66. The topological polar surface area (TPSA) is 80.9 Å². The van der Waals surface area contributed by atoms with Crippen LogP contribution in [0, 0.1) is 11.3 Å². The number of hydrogen-bond donors (Lipinski definition) is 1. The minimum Gasteiger partial charge on any atom is -0.464 e. The predicted molar refractivity (Wildman–Crippen MR) is 66.6 cm³/mol. The molecule has 104 valence electrons. The van der Waals surface area contributed by atoms with Crippen molar-refractivity contribution in [3.63, 3.8) is 0 Å². The van der Waals surface area contributed by atoms with Crippen LogP contribution in [0.2, 0.25) is 0 Å². The average Bonchev–Trinajstić information content (AvgIpc) is 2.43. The number of aliphatic hydroxyl groups excluding tert-OH is 1. The van der Waals surface area contributed by atoms with Crippen LogP contribution in [-0.4, -0.2) is 32.9 Å². The monoisotopic (exact) mass is 267 g/mol. The van der Waals surface area contributed by atoms with E-state index in [2.05, 4.69) is 0 Å². The van der Waals surface area contributed by atoms with Gasteiger partial charge >= 0.3 is 0 Å². The fourth-order valence-electron chi connectivity index (χ4n) is 1.50. The Morgan fingerprint density at radius 3 is 2.53 bits per heavy atom. The molecule has 1 rings (SSSR count). The molecule has 1 unspecified atom stereocenters. The van der Waals surface area contributed by atoms with E-state index in [4.69, 9.17) is 24.2 Å². The van der Waals surface area contributed by atoms with Crippen molar-refractivity contribution in [3.8, 4) is 17.6 Å². The Kier molecular flexibility index (Phi) is 6.68. The molecule has 0 amide bonds. The zero-order valence-electron chi connectivity index (χ0n) is 11.0. The van der Waals surface area contributed by atoms with E-state index in [1.54, 1.807) is 18.2 Å². The molecule has 1 aromatic rings. The van der Waals surface area contributed by atoms with Crippen molar-refractivity contribution in [3.05, 3.63) is 23.8 Å². The van der Waals surface area contributed by atoms with Gasteiger partial charge in [-0.05, 0) is 6.07 Å². The Bertz CT molecular complexity index is 430. The standard InChI is InChI=1S/C13H17NO5/c1-16-8-18-12-5-3-4-10(11(15)6-7-14)13(12)19-9-17-2/h3-5,11,15H,6,8-9H2,1-2H3. The van der Waals surface area contributed by atoms with Gasteiger partial charge in [-0.2, -0.15) is 5.26 Å². The molecule has 0 heterocycles. The molecular weight excluding hydrogens is 250 g/mol. The number of para-hydroxylation sites is 1. The van der Waals surface area contributed by atoms with Crippen molar-refractivity contribution in [1.82, 2.24) is 0 Å². The molecular formula is C13H17NO5. The molecule has 0 saturated heterocycles. The summed E-state index contributed by atoms with van der Waals surface area (Å²) < 4.78 is 20.4. The van der Waals surface area contributed by atoms with Gasteiger partial charge in [0.15, 0.2) is 25.1 Å². The molecule has 0 aliphatic rings. The molecule has 1 N–H and O–H groups in total. The van der Waals surface area contributed by atoms with Crippen LogP contribution >= 0.6 is 0 Å². The number of ether oxygens (including phenoxy) is 4. The summed E-state index contributed by atoms with van der Waals surface area (Å²) in [5.41, 5.74) is 0.479. The summed E-state index contributed by atoms with van der Waals surface area (Å²) in [6.07, 6.45) is -0.972. The summed E-state index contributed by atoms with van der Waals surface area (Å²) in [4.78, 5) is 0. The summed E-state index contributed by atoms with van der Waals surface area (Å²) in [7, 11) is 2.99. The molecule has 1 aromatic carbocycles. The second-order valence-electron chi connectivity index (χ2n) is 3.65. The Hall–Kier alpha value is -1.81. The maximum Gasteiger partial charge on any atom is 0.188 e. The van der Waals surface area contributed by atoms with Crippen molar-refractivity contribution >= 4 is 0 Å². The lowest BCUT2D eigenvalue weighted by molar-refractivity contribution is 0.0300. The summed E-state index contributed by atoms with van der Waals surface area (Å²) in [6, 6.07) is 6.98. The Morgan fingerprint density at radius 1 is 1.21 bits per heavy atom. The van der Waals surface area contributed by atoms with Crippen molar-refractivity contribution in [2.75, 3.05) is 27.8 Å². The van der Waals surface area contributed by atoms with Crippen molar-refractivity contribution < 1.29 is 24.1 Å². The molecule has 6 heteroatoms. The van der Waals surface area contributed by atoms with Crippen molar-refractivity contribution in [2.45, 2.75) is 12.5 Å². The van der Waals surface area contributed by atoms with Gasteiger partial charge in [-0.25, -0.2) is 0 Å². The molecule has 19 heavy (non-hydrogen) atoms. The molecule has 0 bridgehead atoms. The van der Waals surface area contributed by atoms with Gasteiger partial charge in [0.25, 0.3) is 0 Å². The van der Waals surface area contributed by atoms with Crippen LogP contribution in [0.3, 0.4) is 0 Å². The van der Waals surface area contributed by atoms with Gasteiger partial charge < -0.3 is 24.1 Å². The van der Waals surface area contributed by atoms with Gasteiger partial charge in [-0.1, -0.05) is 12.1 Å². The Labute approximate surface area is 112 Å². The van der Waals surface area contributed by atoms with Gasteiger partial charge in [0, 0.05) is 19.8 Å². The van der Waals surface area contributed by atoms with E-state index in [0.29, 0.717) is 17.1 Å². The normalized spacial score (nSPS) is 11.7. The quantitative estimate of drug-likeness (QED) is 0.720. The van der Waals surface area contributed by atoms with E-state index >= 15 is 0 Å². The molecule has 0 saturated carbocycles. The molecule has 6 nitrogen and oxygen atoms in total. The van der Waals surface area contributed by atoms with Crippen LogP contribution in [0.1, 0.15) is 18.1 Å². The Morgan fingerprint density at radius 2 is 1.89 bits per heavy atom. The predicted octanol–water partition coefficient (Wildman–Crippen LogP) is 1.60. The summed E-state index contributed by atoms with van der Waals surface area (Å²) in [5, 5.41) is 18.6. The van der Waals surface area contributed by atoms with Crippen molar-refractivity contribution in [1.29, 1.82) is 5.26 Å². The average molecular weight is 267 g/mol. The highest BCUT2D eigenvalue weighted by Crippen LogP contribution is 2.36. The van der Waals surface area contributed by atoms with E-state index in [0.717, 1.165) is 0 Å². The highest BCUT2D eigenvalue weighted by molar-refractivity contribution is 5.47. The summed E-state index contributed by atoms with van der Waals surface area (Å²) >= 11 is 0. The minimum atomic E-state index is -0.942. The first-order valence-corrected chi connectivity index (χ1v) is 5.66. The third kappa shape index (κ3) is 4.41. The zero-order valence-corrected chi connectivity index (χ0v) is 11.0. The van der Waals surface area contributed by atoms with Crippen LogP contribution < -0.4 is 9.47 Å². The highest BCUT2D eigenvalue weighted by atomic mass is 16.7. The van der Waals surface area contributed by atoms with Gasteiger partial charge in [0.2, 0.25) is 0 Å². The molecule has 0 aromatic heterocycles. The number of nitrogens with zero attached hydrogens (tertiary/aromatic N) is 1.